The standard InChI is InChI=1S/C26H29N3O5S/c1-15(2)16-5-7-19(27)20(11-16)28-25(30)23-12-17-9-10-29(14-24(17)35-23)26(31)34-18-6-8-21(32-3)22(13-18)33-4/h5-8,11-13,15H,9-10,14,27H2,1-4H3,(H,28,30). The van der Waals surface area contributed by atoms with E-state index in [1.165, 1.54) is 18.4 Å². The molecular formula is C26H29N3O5S. The van der Waals surface area contributed by atoms with Crippen molar-refractivity contribution in [1.82, 2.24) is 4.90 Å². The van der Waals surface area contributed by atoms with Gasteiger partial charge < -0.3 is 30.2 Å². The molecule has 0 aliphatic carbocycles. The van der Waals surface area contributed by atoms with Crippen molar-refractivity contribution in [3.05, 3.63) is 63.3 Å². The third kappa shape index (κ3) is 5.35. The quantitative estimate of drug-likeness (QED) is 0.451. The van der Waals surface area contributed by atoms with Gasteiger partial charge in [-0.1, -0.05) is 19.9 Å². The Bertz CT molecular complexity index is 1250. The van der Waals surface area contributed by atoms with Gasteiger partial charge in [0.2, 0.25) is 0 Å². The topological polar surface area (TPSA) is 103 Å². The lowest BCUT2D eigenvalue weighted by Crippen LogP contribution is -2.37. The largest absolute Gasteiger partial charge is 0.493 e. The molecule has 0 radical (unpaired) electrons. The highest BCUT2D eigenvalue weighted by Crippen LogP contribution is 2.33. The first-order valence-electron chi connectivity index (χ1n) is 11.3. The van der Waals surface area contributed by atoms with Crippen molar-refractivity contribution in [1.29, 1.82) is 0 Å². The Balaban J connectivity index is 1.43. The van der Waals surface area contributed by atoms with Gasteiger partial charge in [0.05, 0.1) is 37.0 Å². The summed E-state index contributed by atoms with van der Waals surface area (Å²) < 4.78 is 16.0. The van der Waals surface area contributed by atoms with Gasteiger partial charge in [-0.15, -0.1) is 11.3 Å². The number of benzene rings is 2. The molecule has 1 aliphatic heterocycles. The molecule has 184 valence electrons. The number of nitrogens with one attached hydrogen (secondary N) is 1. The summed E-state index contributed by atoms with van der Waals surface area (Å²) in [6, 6.07) is 12.5. The predicted molar refractivity (Wildman–Crippen MR) is 137 cm³/mol. The molecule has 0 bridgehead atoms. The van der Waals surface area contributed by atoms with Gasteiger partial charge >= 0.3 is 6.09 Å². The number of fused-ring (bicyclic) bond motifs is 1. The molecule has 0 atom stereocenters. The Hall–Kier alpha value is -3.72. The summed E-state index contributed by atoms with van der Waals surface area (Å²) in [5.74, 6) is 1.51. The number of hydrogen-bond donors (Lipinski definition) is 2. The summed E-state index contributed by atoms with van der Waals surface area (Å²) in [6.45, 7) is 5.06. The van der Waals surface area contributed by atoms with Gasteiger partial charge in [-0.3, -0.25) is 4.79 Å². The molecule has 4 rings (SSSR count). The highest BCUT2D eigenvalue weighted by Gasteiger charge is 2.26. The van der Waals surface area contributed by atoms with Gasteiger partial charge in [-0.05, 0) is 53.8 Å². The molecule has 2 amide bonds. The number of hydrogen-bond acceptors (Lipinski definition) is 7. The molecule has 3 aromatic rings. The Morgan fingerprint density at radius 2 is 1.83 bits per heavy atom. The van der Waals surface area contributed by atoms with Gasteiger partial charge in [0.25, 0.3) is 5.91 Å². The summed E-state index contributed by atoms with van der Waals surface area (Å²) in [5.41, 5.74) is 9.37. The summed E-state index contributed by atoms with van der Waals surface area (Å²) in [5, 5.41) is 2.94. The highest BCUT2D eigenvalue weighted by atomic mass is 32.1. The van der Waals surface area contributed by atoms with E-state index in [1.807, 2.05) is 24.3 Å². The van der Waals surface area contributed by atoms with E-state index in [0.29, 0.717) is 58.9 Å². The number of nitrogens with two attached hydrogens (primary N) is 1. The number of nitrogens with zero attached hydrogens (tertiary/aromatic N) is 1. The second kappa shape index (κ2) is 10.3. The Kier molecular flexibility index (Phi) is 7.16. The van der Waals surface area contributed by atoms with Crippen LogP contribution in [0.4, 0.5) is 16.2 Å². The van der Waals surface area contributed by atoms with Crippen LogP contribution in [0, 0.1) is 0 Å². The van der Waals surface area contributed by atoms with Gasteiger partial charge in [0.15, 0.2) is 11.5 Å². The smallest absolute Gasteiger partial charge is 0.415 e. The van der Waals surface area contributed by atoms with Crippen LogP contribution in [0.15, 0.2) is 42.5 Å². The molecule has 0 spiro atoms. The zero-order chi connectivity index (χ0) is 25.1. The minimum absolute atomic E-state index is 0.212. The van der Waals surface area contributed by atoms with E-state index in [1.54, 1.807) is 30.2 Å². The predicted octanol–water partition coefficient (Wildman–Crippen LogP) is 5.28. The Morgan fingerprint density at radius 1 is 1.06 bits per heavy atom. The number of rotatable bonds is 6. The van der Waals surface area contributed by atoms with E-state index in [2.05, 4.69) is 19.2 Å². The lowest BCUT2D eigenvalue weighted by molar-refractivity contribution is 0.103. The van der Waals surface area contributed by atoms with Crippen molar-refractivity contribution < 1.29 is 23.8 Å². The van der Waals surface area contributed by atoms with E-state index < -0.39 is 6.09 Å². The lowest BCUT2D eigenvalue weighted by Gasteiger charge is -2.26. The van der Waals surface area contributed by atoms with Gasteiger partial charge in [0.1, 0.15) is 5.75 Å². The molecule has 0 saturated carbocycles. The fourth-order valence-electron chi connectivity index (χ4n) is 3.86. The number of amides is 2. The van der Waals surface area contributed by atoms with E-state index >= 15 is 0 Å². The van der Waals surface area contributed by atoms with Crippen molar-refractivity contribution in [2.75, 3.05) is 31.8 Å². The van der Waals surface area contributed by atoms with Gasteiger partial charge in [-0.25, -0.2) is 4.79 Å². The minimum Gasteiger partial charge on any atom is -0.493 e. The number of ether oxygens (including phenoxy) is 3. The fourth-order valence-corrected chi connectivity index (χ4v) is 4.98. The number of nitrogen functional groups attached to an aromatic ring is 1. The molecule has 0 fully saturated rings. The van der Waals surface area contributed by atoms with Crippen LogP contribution in [-0.2, 0) is 13.0 Å². The number of thiophene rings is 1. The average Bonchev–Trinajstić information content (AvgIpc) is 3.28. The Morgan fingerprint density at radius 3 is 2.54 bits per heavy atom. The monoisotopic (exact) mass is 495 g/mol. The number of anilines is 2. The molecular weight excluding hydrogens is 466 g/mol. The van der Waals surface area contributed by atoms with Crippen molar-refractivity contribution in [3.63, 3.8) is 0 Å². The minimum atomic E-state index is -0.458. The van der Waals surface area contributed by atoms with Crippen LogP contribution in [0.3, 0.4) is 0 Å². The SMILES string of the molecule is COc1ccc(OC(=O)N2CCc3cc(C(=O)Nc4cc(C(C)C)ccc4N)sc3C2)cc1OC. The average molecular weight is 496 g/mol. The third-order valence-corrected chi connectivity index (χ3v) is 7.08. The molecule has 0 unspecified atom stereocenters. The number of carbonyl (C=O) groups excluding carboxylic acids is 2. The highest BCUT2D eigenvalue weighted by molar-refractivity contribution is 7.14. The molecule has 2 aromatic carbocycles. The van der Waals surface area contributed by atoms with Crippen molar-refractivity contribution in [2.24, 2.45) is 0 Å². The third-order valence-electron chi connectivity index (χ3n) is 5.92. The first-order valence-corrected chi connectivity index (χ1v) is 12.1. The zero-order valence-corrected chi connectivity index (χ0v) is 21.0. The maximum Gasteiger partial charge on any atom is 0.415 e. The molecule has 3 N–H and O–H groups in total. The van der Waals surface area contributed by atoms with Crippen LogP contribution >= 0.6 is 11.3 Å². The number of methoxy groups -OCH3 is 2. The molecule has 9 heteroatoms. The molecule has 1 aliphatic rings. The Labute approximate surface area is 208 Å². The van der Waals surface area contributed by atoms with Crippen LogP contribution in [0.25, 0.3) is 0 Å². The molecule has 35 heavy (non-hydrogen) atoms. The lowest BCUT2D eigenvalue weighted by atomic mass is 10.0. The summed E-state index contributed by atoms with van der Waals surface area (Å²) in [4.78, 5) is 28.9. The van der Waals surface area contributed by atoms with E-state index in [-0.39, 0.29) is 5.91 Å². The van der Waals surface area contributed by atoms with Crippen molar-refractivity contribution in [2.45, 2.75) is 32.7 Å². The van der Waals surface area contributed by atoms with Crippen LogP contribution in [0.1, 0.15) is 45.4 Å². The molecule has 1 aromatic heterocycles. The number of carbonyl (C=O) groups is 2. The van der Waals surface area contributed by atoms with E-state index in [9.17, 15) is 9.59 Å². The van der Waals surface area contributed by atoms with Gasteiger partial charge in [-0.2, -0.15) is 0 Å². The summed E-state index contributed by atoms with van der Waals surface area (Å²) in [7, 11) is 3.07. The molecule has 2 heterocycles. The first kappa shape index (κ1) is 24.4. The van der Waals surface area contributed by atoms with Crippen LogP contribution < -0.4 is 25.3 Å². The summed E-state index contributed by atoms with van der Waals surface area (Å²) >= 11 is 1.38. The first-order chi connectivity index (χ1) is 16.8. The van der Waals surface area contributed by atoms with Crippen LogP contribution in [0.5, 0.6) is 17.2 Å². The van der Waals surface area contributed by atoms with E-state index in [4.69, 9.17) is 19.9 Å². The molecule has 8 nitrogen and oxygen atoms in total. The second-order valence-electron chi connectivity index (χ2n) is 8.57. The maximum atomic E-state index is 13.0. The maximum absolute atomic E-state index is 13.0. The van der Waals surface area contributed by atoms with Crippen LogP contribution in [0.2, 0.25) is 0 Å². The normalized spacial score (nSPS) is 12.8. The summed E-state index contributed by atoms with van der Waals surface area (Å²) in [6.07, 6.45) is 0.186. The van der Waals surface area contributed by atoms with Crippen molar-refractivity contribution in [3.8, 4) is 17.2 Å². The fraction of sp³-hybridized carbons (Fsp3) is 0.308. The second-order valence-corrected chi connectivity index (χ2v) is 9.71. The van der Waals surface area contributed by atoms with Gasteiger partial charge in [0, 0.05) is 17.5 Å². The van der Waals surface area contributed by atoms with Crippen molar-refractivity contribution >= 4 is 34.7 Å². The molecule has 0 saturated heterocycles. The van der Waals surface area contributed by atoms with E-state index in [0.717, 1.165) is 16.0 Å². The van der Waals surface area contributed by atoms with Crippen LogP contribution in [-0.4, -0.2) is 37.7 Å². The zero-order valence-electron chi connectivity index (χ0n) is 20.2.